The molecular weight excluding hydrogens is 385 g/mol. The summed E-state index contributed by atoms with van der Waals surface area (Å²) < 4.78 is 5.11. The van der Waals surface area contributed by atoms with Crippen molar-refractivity contribution in [3.05, 3.63) is 5.41 Å². The van der Waals surface area contributed by atoms with Crippen LogP contribution in [0.3, 0.4) is 0 Å². The van der Waals surface area contributed by atoms with Gasteiger partial charge in [0.1, 0.15) is 0 Å². The van der Waals surface area contributed by atoms with Crippen molar-refractivity contribution in [2.75, 3.05) is 6.61 Å². The summed E-state index contributed by atoms with van der Waals surface area (Å²) in [5, 5.41) is 1.81. The second-order valence-corrected chi connectivity index (χ2v) is 5.19. The first kappa shape index (κ1) is 29.6. The first-order valence-corrected chi connectivity index (χ1v) is 9.16. The molecule has 1 atom stereocenters. The van der Waals surface area contributed by atoms with Gasteiger partial charge in [0.05, 0.1) is 0 Å². The van der Waals surface area contributed by atoms with E-state index in [0.29, 0.717) is 0 Å². The van der Waals surface area contributed by atoms with Crippen molar-refractivity contribution in [2.45, 2.75) is 92.6 Å². The van der Waals surface area contributed by atoms with Gasteiger partial charge >= 0.3 is 0 Å². The molecule has 0 spiro atoms. The quantitative estimate of drug-likeness (QED) is 0.487. The summed E-state index contributed by atoms with van der Waals surface area (Å²) >= 11 is 1.54. The van der Waals surface area contributed by atoms with Gasteiger partial charge in [-0.25, -0.2) is 0 Å². The summed E-state index contributed by atoms with van der Waals surface area (Å²) in [7, 11) is 0. The predicted molar refractivity (Wildman–Crippen MR) is 103 cm³/mol. The van der Waals surface area contributed by atoms with Crippen molar-refractivity contribution in [3.8, 4) is 0 Å². The summed E-state index contributed by atoms with van der Waals surface area (Å²) in [5.41, 5.74) is -0.0139. The van der Waals surface area contributed by atoms with Crippen LogP contribution in [0, 0.1) is 0 Å². The van der Waals surface area contributed by atoms with Crippen molar-refractivity contribution in [2.24, 2.45) is 4.99 Å². The molecule has 0 bridgehead atoms. The zero-order valence-electron chi connectivity index (χ0n) is 15.4. The molecule has 4 radical (unpaired) electrons. The number of hydrogen-bond acceptors (Lipinski definition) is 3. The number of thioether (sulfide) groups is 1. The minimum absolute atomic E-state index is 0. The van der Waals surface area contributed by atoms with Gasteiger partial charge < -0.3 is 4.74 Å². The molecule has 1 aliphatic heterocycles. The smallest absolute Gasteiger partial charge is 0.209 e. The van der Waals surface area contributed by atoms with E-state index in [1.54, 1.807) is 17.2 Å². The molecule has 0 aromatic rings. The number of hydrogen-bond donors (Lipinski definition) is 0. The van der Waals surface area contributed by atoms with E-state index in [1.807, 2.05) is 6.92 Å². The van der Waals surface area contributed by atoms with Crippen LogP contribution in [0.25, 0.3) is 0 Å². The maximum absolute atomic E-state index is 5.11. The Morgan fingerprint density at radius 2 is 1.24 bits per heavy atom. The molecule has 4 heteroatoms. The standard InChI is InChI=1S/C5H7NOS.3C4H10.Sn/c1-2-7-5-6-3-4-8-5;3*1-3-4-2;/h4-5H,2H2,1H3;3*3-4H2,1-2H3;. The topological polar surface area (TPSA) is 21.6 Å². The van der Waals surface area contributed by atoms with Crippen LogP contribution in [-0.2, 0) is 4.74 Å². The molecule has 21 heavy (non-hydrogen) atoms. The Labute approximate surface area is 155 Å². The van der Waals surface area contributed by atoms with Crippen LogP contribution >= 0.6 is 11.8 Å². The molecule has 0 N–H and O–H groups in total. The molecule has 1 aliphatic rings. The van der Waals surface area contributed by atoms with E-state index in [1.165, 1.54) is 38.5 Å². The number of ether oxygens (including phenoxy) is 1. The SMILES string of the molecule is CCCC.CCCC.CCCC.CCOC1N=C=CS1.[Sn]. The number of nitrogens with zero attached hydrogens (tertiary/aromatic N) is 1. The Balaban J connectivity index is -0.0000000973. The molecule has 2 nitrogen and oxygen atoms in total. The fourth-order valence-corrected chi connectivity index (χ4v) is 1.00. The molecule has 1 unspecified atom stereocenters. The molecular formula is C17H37NOSSn. The van der Waals surface area contributed by atoms with Crippen LogP contribution in [-0.4, -0.2) is 41.9 Å². The van der Waals surface area contributed by atoms with E-state index in [-0.39, 0.29) is 29.5 Å². The third-order valence-electron chi connectivity index (χ3n) is 2.23. The Bertz CT molecular complexity index is 191. The summed E-state index contributed by atoms with van der Waals surface area (Å²) in [6.45, 7) is 15.8. The van der Waals surface area contributed by atoms with Crippen LogP contribution in [0.4, 0.5) is 0 Å². The van der Waals surface area contributed by atoms with Gasteiger partial charge in [-0.2, -0.15) is 4.99 Å². The fourth-order valence-electron chi connectivity index (χ4n) is 0.429. The monoisotopic (exact) mass is 423 g/mol. The minimum atomic E-state index is -0.0139. The molecule has 0 fully saturated rings. The first-order valence-electron chi connectivity index (χ1n) is 8.22. The van der Waals surface area contributed by atoms with Crippen molar-refractivity contribution >= 4 is 41.5 Å². The van der Waals surface area contributed by atoms with Gasteiger partial charge in [0.15, 0.2) is 0 Å². The van der Waals surface area contributed by atoms with Gasteiger partial charge in [-0.3, -0.25) is 0 Å². The van der Waals surface area contributed by atoms with Gasteiger partial charge in [-0.05, 0) is 12.8 Å². The molecule has 126 valence electrons. The van der Waals surface area contributed by atoms with E-state index in [2.05, 4.69) is 52.4 Å². The predicted octanol–water partition coefficient (Wildman–Crippen LogP) is 6.28. The number of rotatable bonds is 5. The van der Waals surface area contributed by atoms with Crippen LogP contribution in [0.15, 0.2) is 10.4 Å². The molecule has 1 rings (SSSR count). The Hall–Kier alpha value is 0.559. The van der Waals surface area contributed by atoms with E-state index in [0.717, 1.165) is 6.61 Å². The van der Waals surface area contributed by atoms with E-state index >= 15 is 0 Å². The van der Waals surface area contributed by atoms with Gasteiger partial charge in [-0.1, -0.05) is 91.8 Å². The molecule has 0 amide bonds. The van der Waals surface area contributed by atoms with Crippen molar-refractivity contribution in [1.29, 1.82) is 0 Å². The summed E-state index contributed by atoms with van der Waals surface area (Å²) in [5.74, 6) is 2.70. The van der Waals surface area contributed by atoms with Gasteiger partial charge in [0, 0.05) is 35.9 Å². The summed E-state index contributed by atoms with van der Waals surface area (Å²) in [6, 6.07) is 0. The van der Waals surface area contributed by atoms with Crippen molar-refractivity contribution < 1.29 is 4.74 Å². The average molecular weight is 422 g/mol. The second-order valence-electron chi connectivity index (χ2n) is 4.27. The number of aliphatic imine (C=N–C) groups is 1. The van der Waals surface area contributed by atoms with Crippen molar-refractivity contribution in [1.82, 2.24) is 0 Å². The van der Waals surface area contributed by atoms with Crippen LogP contribution in [0.5, 0.6) is 0 Å². The van der Waals surface area contributed by atoms with Crippen LogP contribution in [0.1, 0.15) is 87.0 Å². The van der Waals surface area contributed by atoms with Crippen LogP contribution < -0.4 is 0 Å². The van der Waals surface area contributed by atoms with Crippen molar-refractivity contribution in [3.63, 3.8) is 0 Å². The van der Waals surface area contributed by atoms with E-state index < -0.39 is 0 Å². The Kier molecular flexibility index (Phi) is 45.7. The molecule has 0 saturated heterocycles. The molecule has 0 aliphatic carbocycles. The first-order chi connectivity index (χ1) is 9.67. The zero-order valence-corrected chi connectivity index (χ0v) is 19.0. The van der Waals surface area contributed by atoms with Crippen LogP contribution in [0.2, 0.25) is 0 Å². The second kappa shape index (κ2) is 32.5. The van der Waals surface area contributed by atoms with Gasteiger partial charge in [0.2, 0.25) is 5.56 Å². The van der Waals surface area contributed by atoms with E-state index in [4.69, 9.17) is 4.74 Å². The van der Waals surface area contributed by atoms with Gasteiger partial charge in [-0.15, -0.1) is 0 Å². The number of unbranched alkanes of at least 4 members (excludes halogenated alkanes) is 3. The maximum atomic E-state index is 5.11. The fraction of sp³-hybridized carbons (Fsp3) is 0.882. The van der Waals surface area contributed by atoms with Gasteiger partial charge in [0.25, 0.3) is 0 Å². The molecule has 0 aromatic carbocycles. The Morgan fingerprint density at radius 1 is 0.857 bits per heavy atom. The molecule has 0 aromatic heterocycles. The minimum Gasteiger partial charge on any atom is -0.347 e. The average Bonchev–Trinajstić information content (AvgIpc) is 3.01. The molecule has 1 heterocycles. The summed E-state index contributed by atoms with van der Waals surface area (Å²) in [6.07, 6.45) is 7.92. The normalized spacial score (nSPS) is 13.8. The third-order valence-corrected chi connectivity index (χ3v) is 2.94. The van der Waals surface area contributed by atoms with E-state index in [9.17, 15) is 0 Å². The molecule has 0 saturated carbocycles. The zero-order chi connectivity index (χ0) is 16.1. The third kappa shape index (κ3) is 38.5. The largest absolute Gasteiger partial charge is 0.347 e. The summed E-state index contributed by atoms with van der Waals surface area (Å²) in [4.78, 5) is 3.86. The maximum Gasteiger partial charge on any atom is 0.209 e. The Morgan fingerprint density at radius 3 is 1.43 bits per heavy atom.